The predicted octanol–water partition coefficient (Wildman–Crippen LogP) is 6.01. The van der Waals surface area contributed by atoms with E-state index in [-0.39, 0.29) is 43.5 Å². The number of nitrogens with one attached hydrogen (secondary N) is 2. The molecule has 1 saturated heterocycles. The van der Waals surface area contributed by atoms with Crippen LogP contribution >= 0.6 is 23.1 Å². The number of hydrogen-bond acceptors (Lipinski definition) is 10. The Morgan fingerprint density at radius 2 is 1.66 bits per heavy atom. The van der Waals surface area contributed by atoms with Crippen molar-refractivity contribution in [1.29, 1.82) is 0 Å². The molecule has 2 heterocycles. The van der Waals surface area contributed by atoms with Crippen molar-refractivity contribution in [3.05, 3.63) is 94.5 Å². The third-order valence-corrected chi connectivity index (χ3v) is 9.13. The molecule has 0 bridgehead atoms. The molecule has 1 aliphatic heterocycles. The minimum atomic E-state index is -0.602. The van der Waals surface area contributed by atoms with E-state index in [2.05, 4.69) is 20.8 Å². The smallest absolute Gasteiger partial charge is 0.224 e. The van der Waals surface area contributed by atoms with Crippen LogP contribution in [0, 0.1) is 6.92 Å². The highest BCUT2D eigenvalue weighted by atomic mass is 32.2. The normalized spacial score (nSPS) is 18.1. The number of thioether (sulfide) groups is 1. The number of nitrogen functional groups attached to an aromatic ring is 1. The molecule has 3 aromatic carbocycles. The molecule has 3 atom stereocenters. The number of benzene rings is 3. The molecular weight excluding hydrogens is 599 g/mol. The van der Waals surface area contributed by atoms with Crippen molar-refractivity contribution in [2.45, 2.75) is 62.1 Å². The van der Waals surface area contributed by atoms with E-state index < -0.39 is 6.29 Å². The second-order valence-electron chi connectivity index (χ2n) is 10.4. The maximum absolute atomic E-state index is 12.5. The number of aromatic nitrogens is 2. The van der Waals surface area contributed by atoms with Gasteiger partial charge in [-0.2, -0.15) is 0 Å². The van der Waals surface area contributed by atoms with Crippen LogP contribution in [0.4, 0.5) is 17.1 Å². The lowest BCUT2D eigenvalue weighted by Crippen LogP contribution is -2.31. The molecule has 0 radical (unpaired) electrons. The number of anilines is 3. The molecule has 0 aliphatic carbocycles. The SMILES string of the molecule is Cc1nnc(SCC2CC(c3ccc(CO)cc3)OC(c3ccc(NC(=O)CCCC(=O)Nc4ccccc4N)cc3)O2)s1. The summed E-state index contributed by atoms with van der Waals surface area (Å²) < 4.78 is 13.7. The third kappa shape index (κ3) is 8.87. The summed E-state index contributed by atoms with van der Waals surface area (Å²) in [5.74, 6) is 0.334. The van der Waals surface area contributed by atoms with E-state index in [0.717, 1.165) is 26.0 Å². The Kier molecular flexibility index (Phi) is 11.0. The number of nitrogens with zero attached hydrogens (tertiary/aromatic N) is 2. The van der Waals surface area contributed by atoms with Crippen LogP contribution in [-0.2, 0) is 25.7 Å². The number of ether oxygens (including phenoxy) is 2. The molecule has 0 saturated carbocycles. The summed E-state index contributed by atoms with van der Waals surface area (Å²) in [6.45, 7) is 1.92. The Morgan fingerprint density at radius 1 is 0.955 bits per heavy atom. The van der Waals surface area contributed by atoms with Gasteiger partial charge in [-0.05, 0) is 48.7 Å². The minimum absolute atomic E-state index is 0.0138. The van der Waals surface area contributed by atoms with Crippen molar-refractivity contribution in [1.82, 2.24) is 10.2 Å². The van der Waals surface area contributed by atoms with E-state index in [0.29, 0.717) is 35.7 Å². The van der Waals surface area contributed by atoms with Gasteiger partial charge in [-0.1, -0.05) is 71.6 Å². The average Bonchev–Trinajstić information content (AvgIpc) is 3.46. The van der Waals surface area contributed by atoms with Gasteiger partial charge in [-0.15, -0.1) is 10.2 Å². The van der Waals surface area contributed by atoms with Crippen LogP contribution in [0.5, 0.6) is 0 Å². The summed E-state index contributed by atoms with van der Waals surface area (Å²) in [7, 11) is 0. The van der Waals surface area contributed by atoms with Gasteiger partial charge in [0.15, 0.2) is 10.6 Å². The molecule has 5 rings (SSSR count). The number of aryl methyl sites for hydroxylation is 1. The maximum Gasteiger partial charge on any atom is 0.224 e. The molecule has 3 unspecified atom stereocenters. The summed E-state index contributed by atoms with van der Waals surface area (Å²) >= 11 is 3.18. The number of amides is 2. The standard InChI is InChI=1S/C32H35N5O5S2/c1-20-36-37-32(44-20)43-19-25-17-28(22-11-9-21(18-38)10-12-22)42-31(41-25)23-13-15-24(16-14-23)34-29(39)7-4-8-30(40)35-27-6-3-2-5-26(27)33/h2-3,5-6,9-16,25,28,31,38H,4,7-8,17-19,33H2,1H3,(H,34,39)(H,35,40). The van der Waals surface area contributed by atoms with Crippen molar-refractivity contribution in [2.75, 3.05) is 22.1 Å². The molecule has 230 valence electrons. The zero-order chi connectivity index (χ0) is 30.9. The van der Waals surface area contributed by atoms with Crippen LogP contribution in [0.3, 0.4) is 0 Å². The largest absolute Gasteiger partial charge is 0.397 e. The number of aliphatic hydroxyl groups excluding tert-OH is 1. The fourth-order valence-corrected chi connectivity index (χ4v) is 6.56. The van der Waals surface area contributed by atoms with Gasteiger partial charge in [0.25, 0.3) is 0 Å². The van der Waals surface area contributed by atoms with Crippen LogP contribution < -0.4 is 16.4 Å². The lowest BCUT2D eigenvalue weighted by molar-refractivity contribution is -0.245. The molecule has 1 aromatic heterocycles. The second kappa shape index (κ2) is 15.3. The second-order valence-corrected chi connectivity index (χ2v) is 12.9. The number of para-hydroxylation sites is 2. The van der Waals surface area contributed by atoms with E-state index in [1.165, 1.54) is 0 Å². The van der Waals surface area contributed by atoms with Crippen LogP contribution in [0.2, 0.25) is 0 Å². The van der Waals surface area contributed by atoms with Crippen molar-refractivity contribution in [3.63, 3.8) is 0 Å². The van der Waals surface area contributed by atoms with E-state index in [1.54, 1.807) is 47.4 Å². The quantitative estimate of drug-likeness (QED) is 0.109. The van der Waals surface area contributed by atoms with Crippen molar-refractivity contribution in [2.24, 2.45) is 0 Å². The Morgan fingerprint density at radius 3 is 2.34 bits per heavy atom. The number of hydrogen-bond donors (Lipinski definition) is 4. The van der Waals surface area contributed by atoms with Gasteiger partial charge in [0, 0.05) is 36.3 Å². The predicted molar refractivity (Wildman–Crippen MR) is 172 cm³/mol. The van der Waals surface area contributed by atoms with E-state index in [9.17, 15) is 14.7 Å². The fraction of sp³-hybridized carbons (Fsp3) is 0.312. The van der Waals surface area contributed by atoms with Gasteiger partial charge in [-0.25, -0.2) is 0 Å². The lowest BCUT2D eigenvalue weighted by Gasteiger charge is -2.36. The van der Waals surface area contributed by atoms with Gasteiger partial charge in [-0.3, -0.25) is 9.59 Å². The third-order valence-electron chi connectivity index (χ3n) is 7.02. The molecule has 10 nitrogen and oxygen atoms in total. The molecule has 5 N–H and O–H groups in total. The number of carbonyl (C=O) groups excluding carboxylic acids is 2. The summed E-state index contributed by atoms with van der Waals surface area (Å²) in [4.78, 5) is 24.8. The van der Waals surface area contributed by atoms with E-state index in [1.807, 2.05) is 55.5 Å². The zero-order valence-corrected chi connectivity index (χ0v) is 25.9. The molecule has 12 heteroatoms. The highest BCUT2D eigenvalue weighted by Gasteiger charge is 2.32. The highest BCUT2D eigenvalue weighted by Crippen LogP contribution is 2.40. The summed E-state index contributed by atoms with van der Waals surface area (Å²) in [6, 6.07) is 22.2. The van der Waals surface area contributed by atoms with E-state index >= 15 is 0 Å². The summed E-state index contributed by atoms with van der Waals surface area (Å²) in [5, 5.41) is 24.3. The topological polar surface area (TPSA) is 149 Å². The van der Waals surface area contributed by atoms with E-state index in [4.69, 9.17) is 15.2 Å². The first-order valence-electron chi connectivity index (χ1n) is 14.3. The van der Waals surface area contributed by atoms with Gasteiger partial charge in [0.2, 0.25) is 11.8 Å². The molecule has 1 aliphatic rings. The molecule has 2 amide bonds. The number of nitrogens with two attached hydrogens (primary N) is 1. The fourth-order valence-electron chi connectivity index (χ4n) is 4.70. The Bertz CT molecular complexity index is 1550. The molecule has 4 aromatic rings. The van der Waals surface area contributed by atoms with Gasteiger partial charge < -0.3 is 30.9 Å². The number of aliphatic hydroxyl groups is 1. The first-order valence-corrected chi connectivity index (χ1v) is 16.1. The Hall–Kier alpha value is -3.81. The minimum Gasteiger partial charge on any atom is -0.397 e. The summed E-state index contributed by atoms with van der Waals surface area (Å²) in [6.07, 6.45) is 0.596. The molecule has 0 spiro atoms. The van der Waals surface area contributed by atoms with Crippen LogP contribution in [-0.4, -0.2) is 39.0 Å². The zero-order valence-electron chi connectivity index (χ0n) is 24.3. The Balaban J connectivity index is 1.16. The number of rotatable bonds is 12. The highest BCUT2D eigenvalue weighted by molar-refractivity contribution is 8.01. The van der Waals surface area contributed by atoms with Gasteiger partial charge >= 0.3 is 0 Å². The first-order chi connectivity index (χ1) is 21.4. The first kappa shape index (κ1) is 31.6. The van der Waals surface area contributed by atoms with Crippen molar-refractivity contribution in [3.8, 4) is 0 Å². The van der Waals surface area contributed by atoms with Crippen LogP contribution in [0.15, 0.2) is 77.1 Å². The molecule has 44 heavy (non-hydrogen) atoms. The molecule has 1 fully saturated rings. The molecular formula is C32H35N5O5S2. The van der Waals surface area contributed by atoms with Gasteiger partial charge in [0.05, 0.1) is 30.2 Å². The lowest BCUT2D eigenvalue weighted by atomic mass is 10.0. The maximum atomic E-state index is 12.5. The summed E-state index contributed by atoms with van der Waals surface area (Å²) in [5.41, 5.74) is 10.3. The van der Waals surface area contributed by atoms with Crippen molar-refractivity contribution < 1.29 is 24.2 Å². The van der Waals surface area contributed by atoms with Crippen LogP contribution in [0.25, 0.3) is 0 Å². The monoisotopic (exact) mass is 633 g/mol. The number of carbonyl (C=O) groups is 2. The average molecular weight is 634 g/mol. The van der Waals surface area contributed by atoms with Crippen LogP contribution in [0.1, 0.15) is 59.8 Å². The Labute approximate surface area is 264 Å². The van der Waals surface area contributed by atoms with Crippen molar-refractivity contribution >= 4 is 52.0 Å². The van der Waals surface area contributed by atoms with Gasteiger partial charge in [0.1, 0.15) is 5.01 Å².